The molecule has 2 aromatic rings. The van der Waals surface area contributed by atoms with Gasteiger partial charge in [0.25, 0.3) is 5.91 Å². The number of benzene rings is 2. The van der Waals surface area contributed by atoms with Gasteiger partial charge in [0.15, 0.2) is 6.61 Å². The van der Waals surface area contributed by atoms with Crippen LogP contribution in [0.4, 0.5) is 0 Å². The van der Waals surface area contributed by atoms with Crippen LogP contribution in [-0.2, 0) is 16.1 Å². The molecule has 5 nitrogen and oxygen atoms in total. The summed E-state index contributed by atoms with van der Waals surface area (Å²) in [7, 11) is 0. The van der Waals surface area contributed by atoms with Gasteiger partial charge in [0.05, 0.1) is 0 Å². The van der Waals surface area contributed by atoms with Crippen LogP contribution in [-0.4, -0.2) is 35.4 Å². The highest BCUT2D eigenvalue weighted by atomic mass is 16.5. The van der Waals surface area contributed by atoms with Gasteiger partial charge in [-0.05, 0) is 63.3 Å². The van der Waals surface area contributed by atoms with Crippen molar-refractivity contribution in [2.45, 2.75) is 73.0 Å². The number of ether oxygens (including phenoxy) is 1. The molecule has 0 bridgehead atoms. The second-order valence-corrected chi connectivity index (χ2v) is 8.31. The summed E-state index contributed by atoms with van der Waals surface area (Å²) in [5.41, 5.74) is 4.19. The molecule has 0 heterocycles. The lowest BCUT2D eigenvalue weighted by molar-refractivity contribution is -0.143. The zero-order chi connectivity index (χ0) is 23.0. The number of hydrogen-bond donors (Lipinski definition) is 1. The largest absolute Gasteiger partial charge is 0.483 e. The number of carbonyl (C=O) groups is 2. The zero-order valence-corrected chi connectivity index (χ0v) is 19.7. The molecule has 0 fully saturated rings. The van der Waals surface area contributed by atoms with Crippen LogP contribution in [0.3, 0.4) is 0 Å². The van der Waals surface area contributed by atoms with Crippen LogP contribution >= 0.6 is 0 Å². The number of carbonyl (C=O) groups excluding carboxylic acids is 2. The van der Waals surface area contributed by atoms with E-state index >= 15 is 0 Å². The molecule has 0 saturated carbocycles. The van der Waals surface area contributed by atoms with Crippen molar-refractivity contribution in [2.24, 2.45) is 0 Å². The fraction of sp³-hybridized carbons (Fsp3) is 0.462. The monoisotopic (exact) mass is 424 g/mol. The minimum Gasteiger partial charge on any atom is -0.483 e. The second kappa shape index (κ2) is 11.5. The van der Waals surface area contributed by atoms with Gasteiger partial charge in [0, 0.05) is 12.6 Å². The van der Waals surface area contributed by atoms with Gasteiger partial charge in [-0.25, -0.2) is 0 Å². The minimum absolute atomic E-state index is 0.0593. The Labute approximate surface area is 186 Å². The first-order chi connectivity index (χ1) is 14.7. The van der Waals surface area contributed by atoms with E-state index in [1.165, 1.54) is 0 Å². The maximum absolute atomic E-state index is 13.3. The van der Waals surface area contributed by atoms with Gasteiger partial charge < -0.3 is 15.0 Å². The number of aryl methyl sites for hydroxylation is 3. The molecule has 2 aromatic carbocycles. The van der Waals surface area contributed by atoms with Crippen molar-refractivity contribution in [1.29, 1.82) is 0 Å². The van der Waals surface area contributed by atoms with Crippen molar-refractivity contribution in [2.75, 3.05) is 6.61 Å². The molecule has 31 heavy (non-hydrogen) atoms. The van der Waals surface area contributed by atoms with Crippen molar-refractivity contribution in [3.8, 4) is 5.75 Å². The lowest BCUT2D eigenvalue weighted by Gasteiger charge is -2.31. The van der Waals surface area contributed by atoms with Crippen LogP contribution in [0, 0.1) is 20.8 Å². The summed E-state index contributed by atoms with van der Waals surface area (Å²) in [6, 6.07) is 13.5. The number of nitrogens with zero attached hydrogens (tertiary/aromatic N) is 1. The summed E-state index contributed by atoms with van der Waals surface area (Å²) in [6.07, 6.45) is 1.37. The summed E-state index contributed by atoms with van der Waals surface area (Å²) in [5.74, 6) is 0.373. The van der Waals surface area contributed by atoms with E-state index in [2.05, 4.69) is 5.32 Å². The molecule has 168 valence electrons. The Hall–Kier alpha value is -2.82. The normalized spacial score (nSPS) is 12.7. The third-order valence-corrected chi connectivity index (χ3v) is 5.56. The SMILES string of the molecule is CCC(C)NC(=O)C(CC)N(Cc1ccc(C)cc1)C(=O)COc1cc(C)ccc1C. The standard InChI is InChI=1S/C26H36N2O3/c1-7-21(6)27-26(30)23(8-2)28(16-22-13-10-18(3)11-14-22)25(29)17-31-24-15-19(4)9-12-20(24)5/h9-15,21,23H,7-8,16-17H2,1-6H3,(H,27,30). The van der Waals surface area contributed by atoms with E-state index in [1.54, 1.807) is 4.90 Å². The Bertz CT molecular complexity index is 877. The third kappa shape index (κ3) is 7.12. The Morgan fingerprint density at radius 1 is 0.968 bits per heavy atom. The van der Waals surface area contributed by atoms with Crippen molar-refractivity contribution < 1.29 is 14.3 Å². The van der Waals surface area contributed by atoms with E-state index in [9.17, 15) is 9.59 Å². The van der Waals surface area contributed by atoms with Crippen molar-refractivity contribution in [3.63, 3.8) is 0 Å². The molecule has 2 rings (SSSR count). The highest BCUT2D eigenvalue weighted by Gasteiger charge is 2.29. The maximum atomic E-state index is 13.3. The lowest BCUT2D eigenvalue weighted by Crippen LogP contribution is -2.51. The average Bonchev–Trinajstić information content (AvgIpc) is 2.75. The Morgan fingerprint density at radius 3 is 2.23 bits per heavy atom. The molecule has 0 radical (unpaired) electrons. The number of hydrogen-bond acceptors (Lipinski definition) is 3. The van der Waals surface area contributed by atoms with E-state index in [4.69, 9.17) is 4.74 Å². The van der Waals surface area contributed by atoms with E-state index < -0.39 is 6.04 Å². The van der Waals surface area contributed by atoms with Gasteiger partial charge in [-0.1, -0.05) is 55.8 Å². The molecular formula is C26H36N2O3. The smallest absolute Gasteiger partial charge is 0.261 e. The topological polar surface area (TPSA) is 58.6 Å². The van der Waals surface area contributed by atoms with Crippen LogP contribution in [0.2, 0.25) is 0 Å². The molecule has 0 aliphatic heterocycles. The van der Waals surface area contributed by atoms with Gasteiger partial charge in [-0.15, -0.1) is 0 Å². The van der Waals surface area contributed by atoms with E-state index in [-0.39, 0.29) is 24.5 Å². The Morgan fingerprint density at radius 2 is 1.61 bits per heavy atom. The first-order valence-corrected chi connectivity index (χ1v) is 11.1. The molecule has 0 aromatic heterocycles. The number of rotatable bonds is 10. The fourth-order valence-electron chi connectivity index (χ4n) is 3.34. The van der Waals surface area contributed by atoms with Crippen molar-refractivity contribution >= 4 is 11.8 Å². The first kappa shape index (κ1) is 24.4. The van der Waals surface area contributed by atoms with Gasteiger partial charge in [0.1, 0.15) is 11.8 Å². The maximum Gasteiger partial charge on any atom is 0.261 e. The molecular weight excluding hydrogens is 388 g/mol. The van der Waals surface area contributed by atoms with Crippen molar-refractivity contribution in [3.05, 3.63) is 64.7 Å². The van der Waals surface area contributed by atoms with Crippen LogP contribution in [0.15, 0.2) is 42.5 Å². The summed E-state index contributed by atoms with van der Waals surface area (Å²) in [4.78, 5) is 27.9. The van der Waals surface area contributed by atoms with Gasteiger partial charge >= 0.3 is 0 Å². The molecule has 2 unspecified atom stereocenters. The predicted molar refractivity (Wildman–Crippen MR) is 125 cm³/mol. The zero-order valence-electron chi connectivity index (χ0n) is 19.7. The van der Waals surface area contributed by atoms with Crippen LogP contribution < -0.4 is 10.1 Å². The second-order valence-electron chi connectivity index (χ2n) is 8.31. The third-order valence-electron chi connectivity index (χ3n) is 5.56. The fourth-order valence-corrected chi connectivity index (χ4v) is 3.34. The lowest BCUT2D eigenvalue weighted by atomic mass is 10.1. The van der Waals surface area contributed by atoms with Crippen LogP contribution in [0.5, 0.6) is 5.75 Å². The predicted octanol–water partition coefficient (Wildman–Crippen LogP) is 4.71. The summed E-state index contributed by atoms with van der Waals surface area (Å²) >= 11 is 0. The highest BCUT2D eigenvalue weighted by Crippen LogP contribution is 2.20. The molecule has 0 aliphatic carbocycles. The van der Waals surface area contributed by atoms with Crippen molar-refractivity contribution in [1.82, 2.24) is 10.2 Å². The summed E-state index contributed by atoms with van der Waals surface area (Å²) in [6.45, 7) is 12.2. The molecule has 1 N–H and O–H groups in total. The Kier molecular flexibility index (Phi) is 9.10. The van der Waals surface area contributed by atoms with Gasteiger partial charge in [-0.2, -0.15) is 0 Å². The molecule has 0 saturated heterocycles. The molecule has 2 amide bonds. The van der Waals surface area contributed by atoms with Crippen LogP contribution in [0.1, 0.15) is 55.9 Å². The van der Waals surface area contributed by atoms with E-state index in [0.717, 1.165) is 28.7 Å². The molecule has 5 heteroatoms. The van der Waals surface area contributed by atoms with Gasteiger partial charge in [-0.3, -0.25) is 9.59 Å². The highest BCUT2D eigenvalue weighted by molar-refractivity contribution is 5.88. The van der Waals surface area contributed by atoms with E-state index in [0.29, 0.717) is 18.7 Å². The minimum atomic E-state index is -0.551. The molecule has 0 aliphatic rings. The molecule has 2 atom stereocenters. The summed E-state index contributed by atoms with van der Waals surface area (Å²) < 4.78 is 5.87. The quantitative estimate of drug-likeness (QED) is 0.601. The Balaban J connectivity index is 2.23. The number of nitrogens with one attached hydrogen (secondary N) is 1. The molecule has 0 spiro atoms. The number of amides is 2. The van der Waals surface area contributed by atoms with Crippen LogP contribution in [0.25, 0.3) is 0 Å². The van der Waals surface area contributed by atoms with Gasteiger partial charge in [0.2, 0.25) is 5.91 Å². The average molecular weight is 425 g/mol. The first-order valence-electron chi connectivity index (χ1n) is 11.1. The van der Waals surface area contributed by atoms with E-state index in [1.807, 2.05) is 84.0 Å². The summed E-state index contributed by atoms with van der Waals surface area (Å²) in [5, 5.41) is 3.03.